The lowest BCUT2D eigenvalue weighted by atomic mass is 9.79. The van der Waals surface area contributed by atoms with Gasteiger partial charge in [0.1, 0.15) is 17.5 Å². The summed E-state index contributed by atoms with van der Waals surface area (Å²) in [5, 5.41) is 0. The van der Waals surface area contributed by atoms with E-state index in [1.54, 1.807) is 16.8 Å². The standard InChI is InChI=1S/C24H18N4O3S/c1-13(29)20-21-15-7-3-6-10-18(15)31-24(20,2)27-23-28(21)22(30)19(32-23)11-14-12-25-16-8-4-5-9-17(16)26-14/h3-12,20-21H,1-2H3/b19-11-/t20-,21+,24+/m0/s1. The van der Waals surface area contributed by atoms with Crippen molar-refractivity contribution in [2.75, 3.05) is 0 Å². The van der Waals surface area contributed by atoms with Gasteiger partial charge in [-0.25, -0.2) is 9.98 Å². The van der Waals surface area contributed by atoms with Crippen molar-refractivity contribution < 1.29 is 9.53 Å². The van der Waals surface area contributed by atoms with E-state index in [0.29, 0.717) is 20.8 Å². The summed E-state index contributed by atoms with van der Waals surface area (Å²) < 4.78 is 8.34. The molecule has 3 atom stereocenters. The first-order chi connectivity index (χ1) is 15.4. The lowest BCUT2D eigenvalue weighted by Crippen LogP contribution is -2.58. The Morgan fingerprint density at radius 3 is 2.72 bits per heavy atom. The maximum absolute atomic E-state index is 13.5. The molecule has 8 heteroatoms. The molecule has 6 rings (SSSR count). The molecule has 7 nitrogen and oxygen atoms in total. The van der Waals surface area contributed by atoms with Gasteiger partial charge in [-0.3, -0.25) is 19.1 Å². The minimum absolute atomic E-state index is 0.0644. The number of aromatic nitrogens is 3. The van der Waals surface area contributed by atoms with E-state index in [-0.39, 0.29) is 11.3 Å². The van der Waals surface area contributed by atoms with Crippen LogP contribution in [0.5, 0.6) is 5.75 Å². The van der Waals surface area contributed by atoms with Crippen LogP contribution in [0, 0.1) is 5.92 Å². The number of carbonyl (C=O) groups excluding carboxylic acids is 1. The summed E-state index contributed by atoms with van der Waals surface area (Å²) in [4.78, 5) is 40.6. The van der Waals surface area contributed by atoms with Crippen LogP contribution < -0.4 is 19.6 Å². The molecule has 0 unspecified atom stereocenters. The number of hydrogen-bond donors (Lipinski definition) is 0. The SMILES string of the molecule is CC(=O)[C@H]1[C@H]2c3ccccc3O[C@@]1(C)N=c1s/c(=C\c3cnc4ccccc4n3)c(=O)n12. The Labute approximate surface area is 186 Å². The highest BCUT2D eigenvalue weighted by atomic mass is 32.1. The Kier molecular flexibility index (Phi) is 3.98. The fraction of sp³-hybridized carbons (Fsp3) is 0.208. The van der Waals surface area contributed by atoms with Crippen molar-refractivity contribution in [3.63, 3.8) is 0 Å². The molecular formula is C24H18N4O3S. The van der Waals surface area contributed by atoms with Gasteiger partial charge in [-0.15, -0.1) is 0 Å². The summed E-state index contributed by atoms with van der Waals surface area (Å²) in [7, 11) is 0. The van der Waals surface area contributed by atoms with Crippen LogP contribution in [0.3, 0.4) is 0 Å². The molecule has 0 fully saturated rings. The molecule has 2 aliphatic heterocycles. The second-order valence-electron chi connectivity index (χ2n) is 8.19. The number of thiazole rings is 1. The number of ether oxygens (including phenoxy) is 1. The van der Waals surface area contributed by atoms with Gasteiger partial charge in [0.15, 0.2) is 4.80 Å². The molecule has 2 aliphatic rings. The fourth-order valence-corrected chi connectivity index (χ4v) is 5.82. The Morgan fingerprint density at radius 2 is 1.91 bits per heavy atom. The molecular weight excluding hydrogens is 424 g/mol. The molecule has 0 saturated carbocycles. The number of carbonyl (C=O) groups is 1. The Hall–Kier alpha value is -3.65. The number of Topliss-reactive ketones (excluding diaryl/α,β-unsaturated/α-hetero) is 1. The number of hydrogen-bond acceptors (Lipinski definition) is 7. The second kappa shape index (κ2) is 6.67. The number of fused-ring (bicyclic) bond motifs is 7. The summed E-state index contributed by atoms with van der Waals surface area (Å²) >= 11 is 1.28. The lowest BCUT2D eigenvalue weighted by molar-refractivity contribution is -0.132. The van der Waals surface area contributed by atoms with Crippen LogP contribution in [0.15, 0.2) is 64.5 Å². The van der Waals surface area contributed by atoms with E-state index >= 15 is 0 Å². The van der Waals surface area contributed by atoms with Crippen LogP contribution in [0.2, 0.25) is 0 Å². The number of para-hydroxylation sites is 3. The molecule has 0 spiro atoms. The Bertz CT molecular complexity index is 1610. The summed E-state index contributed by atoms with van der Waals surface area (Å²) in [6, 6.07) is 14.7. The van der Waals surface area contributed by atoms with Crippen LogP contribution in [0.25, 0.3) is 17.1 Å². The van der Waals surface area contributed by atoms with E-state index in [1.165, 1.54) is 18.3 Å². The first-order valence-electron chi connectivity index (χ1n) is 10.3. The summed E-state index contributed by atoms with van der Waals surface area (Å²) in [5.74, 6) is -0.00753. The van der Waals surface area contributed by atoms with E-state index in [9.17, 15) is 9.59 Å². The predicted molar refractivity (Wildman–Crippen MR) is 120 cm³/mol. The molecule has 32 heavy (non-hydrogen) atoms. The summed E-state index contributed by atoms with van der Waals surface area (Å²) in [6.07, 6.45) is 3.38. The predicted octanol–water partition coefficient (Wildman–Crippen LogP) is 2.22. The van der Waals surface area contributed by atoms with Crippen molar-refractivity contribution in [1.82, 2.24) is 14.5 Å². The van der Waals surface area contributed by atoms with E-state index < -0.39 is 17.7 Å². The summed E-state index contributed by atoms with van der Waals surface area (Å²) in [5.41, 5.74) is 1.70. The number of rotatable bonds is 2. The molecule has 158 valence electrons. The third-order valence-corrected chi connectivity index (χ3v) is 7.05. The van der Waals surface area contributed by atoms with Gasteiger partial charge in [-0.1, -0.05) is 41.7 Å². The molecule has 0 saturated heterocycles. The van der Waals surface area contributed by atoms with Crippen LogP contribution in [-0.4, -0.2) is 26.0 Å². The zero-order valence-corrected chi connectivity index (χ0v) is 18.2. The Balaban J connectivity index is 1.60. The number of ketones is 1. The van der Waals surface area contributed by atoms with Crippen LogP contribution in [-0.2, 0) is 4.79 Å². The van der Waals surface area contributed by atoms with E-state index in [2.05, 4.69) is 9.97 Å². The van der Waals surface area contributed by atoms with E-state index in [1.807, 2.05) is 55.5 Å². The summed E-state index contributed by atoms with van der Waals surface area (Å²) in [6.45, 7) is 3.34. The van der Waals surface area contributed by atoms with Crippen molar-refractivity contribution in [2.24, 2.45) is 10.9 Å². The van der Waals surface area contributed by atoms with Crippen molar-refractivity contribution in [3.05, 3.63) is 85.7 Å². The third kappa shape index (κ3) is 2.69. The number of nitrogens with zero attached hydrogens (tertiary/aromatic N) is 4. The molecule has 2 bridgehead atoms. The average Bonchev–Trinajstić information content (AvgIpc) is 3.06. The highest BCUT2D eigenvalue weighted by Gasteiger charge is 2.53. The topological polar surface area (TPSA) is 86.4 Å². The van der Waals surface area contributed by atoms with Crippen LogP contribution >= 0.6 is 11.3 Å². The normalized spacial score (nSPS) is 23.8. The van der Waals surface area contributed by atoms with Gasteiger partial charge >= 0.3 is 0 Å². The van der Waals surface area contributed by atoms with Gasteiger partial charge in [-0.2, -0.15) is 0 Å². The molecule has 0 amide bonds. The Morgan fingerprint density at radius 1 is 1.16 bits per heavy atom. The van der Waals surface area contributed by atoms with Gasteiger partial charge in [0.2, 0.25) is 5.72 Å². The van der Waals surface area contributed by atoms with E-state index in [0.717, 1.165) is 16.6 Å². The lowest BCUT2D eigenvalue weighted by Gasteiger charge is -2.45. The first-order valence-corrected chi connectivity index (χ1v) is 11.1. The van der Waals surface area contributed by atoms with Crippen molar-refractivity contribution >= 4 is 34.2 Å². The fourth-order valence-electron chi connectivity index (χ4n) is 4.73. The molecule has 0 radical (unpaired) electrons. The maximum Gasteiger partial charge on any atom is 0.270 e. The highest BCUT2D eigenvalue weighted by Crippen LogP contribution is 2.47. The van der Waals surface area contributed by atoms with Crippen molar-refractivity contribution in [1.29, 1.82) is 0 Å². The quantitative estimate of drug-likeness (QED) is 0.475. The van der Waals surface area contributed by atoms with Gasteiger partial charge in [0.25, 0.3) is 5.56 Å². The highest BCUT2D eigenvalue weighted by molar-refractivity contribution is 7.07. The minimum atomic E-state index is -1.07. The van der Waals surface area contributed by atoms with E-state index in [4.69, 9.17) is 9.73 Å². The van der Waals surface area contributed by atoms with Gasteiger partial charge in [0.05, 0.1) is 33.5 Å². The second-order valence-corrected chi connectivity index (χ2v) is 9.20. The van der Waals surface area contributed by atoms with Gasteiger partial charge in [0, 0.05) is 5.56 Å². The average molecular weight is 443 g/mol. The van der Waals surface area contributed by atoms with Gasteiger partial charge in [-0.05, 0) is 38.1 Å². The van der Waals surface area contributed by atoms with Crippen LogP contribution in [0.4, 0.5) is 0 Å². The smallest absolute Gasteiger partial charge is 0.270 e. The van der Waals surface area contributed by atoms with Gasteiger partial charge < -0.3 is 4.74 Å². The molecule has 4 heterocycles. The molecule has 2 aromatic heterocycles. The number of benzene rings is 2. The monoisotopic (exact) mass is 442 g/mol. The van der Waals surface area contributed by atoms with Crippen LogP contribution in [0.1, 0.15) is 31.1 Å². The maximum atomic E-state index is 13.5. The minimum Gasteiger partial charge on any atom is -0.465 e. The molecule has 2 aromatic carbocycles. The zero-order valence-electron chi connectivity index (χ0n) is 17.4. The first kappa shape index (κ1) is 19.1. The molecule has 0 aliphatic carbocycles. The zero-order chi connectivity index (χ0) is 22.0. The largest absolute Gasteiger partial charge is 0.465 e. The molecule has 4 aromatic rings. The van der Waals surface area contributed by atoms with Crippen molar-refractivity contribution in [3.8, 4) is 5.75 Å². The third-order valence-electron chi connectivity index (χ3n) is 6.06. The molecule has 0 N–H and O–H groups in total. The van der Waals surface area contributed by atoms with Crippen molar-refractivity contribution in [2.45, 2.75) is 25.6 Å².